The second-order valence-corrected chi connectivity index (χ2v) is 6.12. The number of urea groups is 1. The fourth-order valence-corrected chi connectivity index (χ4v) is 2.78. The zero-order valence-electron chi connectivity index (χ0n) is 15.2. The number of nitrogens with zero attached hydrogens (tertiary/aromatic N) is 4. The first kappa shape index (κ1) is 20.5. The number of anilines is 1. The van der Waals surface area contributed by atoms with Gasteiger partial charge in [-0.1, -0.05) is 32.0 Å². The molecule has 2 amide bonds. The number of hydrogen-bond donors (Lipinski definition) is 1. The molecule has 0 saturated heterocycles. The number of aryl methyl sites for hydroxylation is 2. The van der Waals surface area contributed by atoms with Crippen molar-refractivity contribution < 1.29 is 13.7 Å². The van der Waals surface area contributed by atoms with Crippen LogP contribution in [0.1, 0.15) is 25.2 Å². The van der Waals surface area contributed by atoms with Crippen molar-refractivity contribution in [3.8, 4) is 6.01 Å². The zero-order chi connectivity index (χ0) is 19.0. The highest BCUT2D eigenvalue weighted by atomic mass is 32.2. The number of carbonyl (C=O) groups is 1. The summed E-state index contributed by atoms with van der Waals surface area (Å²) in [5.41, 5.74) is 0.836. The van der Waals surface area contributed by atoms with Gasteiger partial charge in [0.2, 0.25) is 5.95 Å². The van der Waals surface area contributed by atoms with Gasteiger partial charge in [-0.05, 0) is 25.5 Å². The SMILES string of the molecule is CC.COc1nc(C)nc(NC(=O)N(C)S(=O)c2ccccc2C)n1. The van der Waals surface area contributed by atoms with Crippen molar-refractivity contribution in [3.05, 3.63) is 35.7 Å². The normalized spacial score (nSPS) is 11.0. The van der Waals surface area contributed by atoms with Crippen LogP contribution in [0.2, 0.25) is 0 Å². The van der Waals surface area contributed by atoms with Crippen LogP contribution < -0.4 is 10.1 Å². The number of methoxy groups -OCH3 is 1. The molecule has 25 heavy (non-hydrogen) atoms. The Morgan fingerprint density at radius 2 is 1.80 bits per heavy atom. The minimum atomic E-state index is -1.64. The van der Waals surface area contributed by atoms with Crippen LogP contribution in [-0.4, -0.2) is 43.7 Å². The quantitative estimate of drug-likeness (QED) is 0.895. The lowest BCUT2D eigenvalue weighted by Gasteiger charge is -2.17. The monoisotopic (exact) mass is 365 g/mol. The topological polar surface area (TPSA) is 97.3 Å². The Hall–Kier alpha value is -2.55. The molecule has 9 heteroatoms. The van der Waals surface area contributed by atoms with Gasteiger partial charge in [0.05, 0.1) is 12.0 Å². The molecule has 1 N–H and O–H groups in total. The number of ether oxygens (including phenoxy) is 1. The summed E-state index contributed by atoms with van der Waals surface area (Å²) in [4.78, 5) is 24.6. The number of aromatic nitrogens is 3. The van der Waals surface area contributed by atoms with Crippen LogP contribution in [0.15, 0.2) is 29.2 Å². The standard InChI is InChI=1S/C14H17N5O3S.C2H6/c1-9-7-5-6-8-11(9)23(21)19(3)14(20)18-12-15-10(2)16-13(17-12)22-4;1-2/h5-8H,1-4H3,(H,15,16,17,18,20);1-2H3. The summed E-state index contributed by atoms with van der Waals surface area (Å²) in [6.07, 6.45) is 0. The largest absolute Gasteiger partial charge is 0.467 e. The zero-order valence-corrected chi connectivity index (χ0v) is 16.0. The molecule has 0 aliphatic heterocycles. The average Bonchev–Trinajstić information content (AvgIpc) is 2.62. The molecule has 0 bridgehead atoms. The minimum Gasteiger partial charge on any atom is -0.467 e. The van der Waals surface area contributed by atoms with Crippen molar-refractivity contribution in [3.63, 3.8) is 0 Å². The molecule has 1 heterocycles. The lowest BCUT2D eigenvalue weighted by atomic mass is 10.2. The van der Waals surface area contributed by atoms with Crippen molar-refractivity contribution in [2.75, 3.05) is 19.5 Å². The molecule has 1 aromatic heterocycles. The Balaban J connectivity index is 0.00000151. The van der Waals surface area contributed by atoms with E-state index in [0.717, 1.165) is 9.87 Å². The molecule has 0 saturated carbocycles. The summed E-state index contributed by atoms with van der Waals surface area (Å²) in [7, 11) is 1.21. The third kappa shape index (κ3) is 5.49. The summed E-state index contributed by atoms with van der Waals surface area (Å²) in [6, 6.07) is 6.65. The van der Waals surface area contributed by atoms with E-state index >= 15 is 0 Å². The van der Waals surface area contributed by atoms with Crippen molar-refractivity contribution in [2.24, 2.45) is 0 Å². The van der Waals surface area contributed by atoms with Crippen LogP contribution in [0, 0.1) is 13.8 Å². The van der Waals surface area contributed by atoms with Gasteiger partial charge < -0.3 is 4.74 Å². The molecule has 0 spiro atoms. The third-order valence-corrected chi connectivity index (χ3v) is 4.44. The predicted octanol–water partition coefficient (Wildman–Crippen LogP) is 2.71. The molecule has 0 aliphatic carbocycles. The van der Waals surface area contributed by atoms with E-state index < -0.39 is 17.0 Å². The molecule has 2 rings (SSSR count). The van der Waals surface area contributed by atoms with Crippen molar-refractivity contribution in [1.82, 2.24) is 19.3 Å². The second-order valence-electron chi connectivity index (χ2n) is 4.64. The first-order valence-electron chi connectivity index (χ1n) is 7.71. The third-order valence-electron chi connectivity index (χ3n) is 2.94. The Morgan fingerprint density at radius 1 is 1.16 bits per heavy atom. The van der Waals surface area contributed by atoms with Gasteiger partial charge in [-0.25, -0.2) is 13.3 Å². The van der Waals surface area contributed by atoms with E-state index in [2.05, 4.69) is 20.3 Å². The van der Waals surface area contributed by atoms with E-state index in [-0.39, 0.29) is 12.0 Å². The molecule has 1 unspecified atom stereocenters. The maximum Gasteiger partial charge on any atom is 0.336 e. The number of rotatable bonds is 4. The fraction of sp³-hybridized carbons (Fsp3) is 0.375. The Bertz CT molecular complexity index is 754. The lowest BCUT2D eigenvalue weighted by Crippen LogP contribution is -2.34. The molecule has 0 aliphatic rings. The Morgan fingerprint density at radius 3 is 2.40 bits per heavy atom. The maximum absolute atomic E-state index is 12.5. The van der Waals surface area contributed by atoms with Crippen molar-refractivity contribution in [1.29, 1.82) is 0 Å². The van der Waals surface area contributed by atoms with Gasteiger partial charge in [0, 0.05) is 7.05 Å². The molecule has 136 valence electrons. The number of nitrogens with one attached hydrogen (secondary N) is 1. The average molecular weight is 365 g/mol. The van der Waals surface area contributed by atoms with E-state index in [1.807, 2.05) is 32.9 Å². The van der Waals surface area contributed by atoms with Crippen molar-refractivity contribution in [2.45, 2.75) is 32.6 Å². The highest BCUT2D eigenvalue weighted by Gasteiger charge is 2.20. The summed E-state index contributed by atoms with van der Waals surface area (Å²) in [5.74, 6) is 0.433. The van der Waals surface area contributed by atoms with E-state index in [0.29, 0.717) is 10.7 Å². The second kappa shape index (κ2) is 9.67. The fourth-order valence-electron chi connectivity index (χ4n) is 1.75. The number of benzene rings is 1. The van der Waals surface area contributed by atoms with Gasteiger partial charge in [-0.3, -0.25) is 5.32 Å². The van der Waals surface area contributed by atoms with Gasteiger partial charge >= 0.3 is 12.0 Å². The van der Waals surface area contributed by atoms with E-state index in [1.165, 1.54) is 14.2 Å². The predicted molar refractivity (Wildman–Crippen MR) is 96.8 cm³/mol. The summed E-state index contributed by atoms with van der Waals surface area (Å²) < 4.78 is 18.5. The summed E-state index contributed by atoms with van der Waals surface area (Å²) in [5, 5.41) is 2.48. The maximum atomic E-state index is 12.5. The highest BCUT2D eigenvalue weighted by molar-refractivity contribution is 7.83. The minimum absolute atomic E-state index is 0.0352. The summed E-state index contributed by atoms with van der Waals surface area (Å²) >= 11 is 0. The highest BCUT2D eigenvalue weighted by Crippen LogP contribution is 2.15. The van der Waals surface area contributed by atoms with Gasteiger partial charge in [0.1, 0.15) is 5.82 Å². The van der Waals surface area contributed by atoms with E-state index in [9.17, 15) is 9.00 Å². The molecule has 8 nitrogen and oxygen atoms in total. The molecule has 1 atom stereocenters. The molecule has 0 radical (unpaired) electrons. The number of carbonyl (C=O) groups excluding carboxylic acids is 1. The first-order valence-corrected chi connectivity index (χ1v) is 8.82. The van der Waals surface area contributed by atoms with Crippen LogP contribution in [0.3, 0.4) is 0 Å². The Kier molecular flexibility index (Phi) is 7.93. The van der Waals surface area contributed by atoms with Crippen molar-refractivity contribution >= 4 is 23.0 Å². The van der Waals surface area contributed by atoms with Gasteiger partial charge in [-0.15, -0.1) is 0 Å². The lowest BCUT2D eigenvalue weighted by molar-refractivity contribution is 0.241. The van der Waals surface area contributed by atoms with E-state index in [1.54, 1.807) is 19.1 Å². The summed E-state index contributed by atoms with van der Waals surface area (Å²) in [6.45, 7) is 7.48. The number of hydrogen-bond acceptors (Lipinski definition) is 6. The van der Waals surface area contributed by atoms with Crippen LogP contribution in [0.25, 0.3) is 0 Å². The van der Waals surface area contributed by atoms with Crippen LogP contribution >= 0.6 is 0 Å². The van der Waals surface area contributed by atoms with Crippen LogP contribution in [-0.2, 0) is 11.0 Å². The van der Waals surface area contributed by atoms with E-state index in [4.69, 9.17) is 4.74 Å². The first-order chi connectivity index (χ1) is 11.9. The molecule has 1 aromatic carbocycles. The number of amides is 2. The molecule has 0 fully saturated rings. The van der Waals surface area contributed by atoms with Gasteiger partial charge in [0.25, 0.3) is 0 Å². The molecular formula is C16H23N5O3S. The molecule has 2 aromatic rings. The van der Waals surface area contributed by atoms with Crippen LogP contribution in [0.5, 0.6) is 6.01 Å². The smallest absolute Gasteiger partial charge is 0.336 e. The molecular weight excluding hydrogens is 342 g/mol. The van der Waals surface area contributed by atoms with Crippen LogP contribution in [0.4, 0.5) is 10.7 Å². The Labute approximate surface area is 150 Å². The van der Waals surface area contributed by atoms with Gasteiger partial charge in [-0.2, -0.15) is 15.0 Å². The van der Waals surface area contributed by atoms with Gasteiger partial charge in [0.15, 0.2) is 11.0 Å².